The Bertz CT molecular complexity index is 528. The number of carbonyl (C=O) groups is 2. The molecule has 0 aromatic heterocycles. The molecule has 1 aromatic carbocycles. The predicted octanol–water partition coefficient (Wildman–Crippen LogP) is 2.41. The molecule has 0 fully saturated rings. The first kappa shape index (κ1) is 17.0. The molecule has 0 bridgehead atoms. The van der Waals surface area contributed by atoms with Gasteiger partial charge in [-0.15, -0.1) is 6.58 Å². The van der Waals surface area contributed by atoms with E-state index in [0.717, 1.165) is 0 Å². The second-order valence-corrected chi connectivity index (χ2v) is 4.59. The Morgan fingerprint density at radius 3 is 2.76 bits per heavy atom. The zero-order chi connectivity index (χ0) is 15.8. The molecule has 1 unspecified atom stereocenters. The lowest BCUT2D eigenvalue weighted by Crippen LogP contribution is -2.39. The Balaban J connectivity index is 2.89. The van der Waals surface area contributed by atoms with Gasteiger partial charge in [-0.2, -0.15) is 0 Å². The summed E-state index contributed by atoms with van der Waals surface area (Å²) in [5.74, 6) is -1.09. The summed E-state index contributed by atoms with van der Waals surface area (Å²) in [4.78, 5) is 24.0. The fourth-order valence-electron chi connectivity index (χ4n) is 1.87. The van der Waals surface area contributed by atoms with Crippen molar-refractivity contribution in [1.29, 1.82) is 0 Å². The molecule has 4 nitrogen and oxygen atoms in total. The molecular formula is C16H20FNO3. The van der Waals surface area contributed by atoms with Gasteiger partial charge in [0.15, 0.2) is 5.78 Å². The van der Waals surface area contributed by atoms with Crippen LogP contribution >= 0.6 is 0 Å². The molecule has 21 heavy (non-hydrogen) atoms. The quantitative estimate of drug-likeness (QED) is 0.454. The Kier molecular flexibility index (Phi) is 6.75. The first-order chi connectivity index (χ1) is 9.99. The zero-order valence-corrected chi connectivity index (χ0v) is 12.3. The van der Waals surface area contributed by atoms with Crippen LogP contribution < -0.4 is 5.32 Å². The summed E-state index contributed by atoms with van der Waals surface area (Å²) in [5.41, 5.74) is 0.749. The Morgan fingerprint density at radius 1 is 1.48 bits per heavy atom. The number of rotatable bonds is 8. The summed E-state index contributed by atoms with van der Waals surface area (Å²) in [6.07, 6.45) is 1.53. The molecule has 0 heterocycles. The van der Waals surface area contributed by atoms with Gasteiger partial charge in [0.2, 0.25) is 0 Å². The first-order valence-electron chi connectivity index (χ1n) is 6.79. The zero-order valence-electron chi connectivity index (χ0n) is 12.3. The molecule has 1 atom stereocenters. The third-order valence-electron chi connectivity index (χ3n) is 2.94. The molecule has 1 aromatic rings. The van der Waals surface area contributed by atoms with Crippen LogP contribution in [0.1, 0.15) is 29.3 Å². The smallest absolute Gasteiger partial charge is 0.307 e. The first-order valence-corrected chi connectivity index (χ1v) is 6.79. The van der Waals surface area contributed by atoms with Crippen LogP contribution in [-0.4, -0.2) is 30.9 Å². The molecule has 0 saturated heterocycles. The van der Waals surface area contributed by atoms with Crippen LogP contribution in [0.5, 0.6) is 0 Å². The van der Waals surface area contributed by atoms with Crippen LogP contribution in [0.4, 0.5) is 4.39 Å². The predicted molar refractivity (Wildman–Crippen MR) is 78.7 cm³/mol. The van der Waals surface area contributed by atoms with Crippen LogP contribution in [0, 0.1) is 12.7 Å². The summed E-state index contributed by atoms with van der Waals surface area (Å²) in [6.45, 7) is 7.50. The number of ether oxygens (including phenoxy) is 1. The summed E-state index contributed by atoms with van der Waals surface area (Å²) < 4.78 is 18.1. The van der Waals surface area contributed by atoms with Crippen LogP contribution in [0.15, 0.2) is 30.9 Å². The van der Waals surface area contributed by atoms with Crippen molar-refractivity contribution in [3.8, 4) is 0 Å². The van der Waals surface area contributed by atoms with Crippen molar-refractivity contribution in [2.75, 3.05) is 13.2 Å². The maximum absolute atomic E-state index is 13.3. The van der Waals surface area contributed by atoms with Crippen LogP contribution in [0.25, 0.3) is 0 Å². The average molecular weight is 293 g/mol. The van der Waals surface area contributed by atoms with E-state index in [1.54, 1.807) is 19.9 Å². The van der Waals surface area contributed by atoms with E-state index in [2.05, 4.69) is 11.9 Å². The van der Waals surface area contributed by atoms with E-state index in [9.17, 15) is 14.0 Å². The van der Waals surface area contributed by atoms with Crippen molar-refractivity contribution >= 4 is 11.8 Å². The van der Waals surface area contributed by atoms with Gasteiger partial charge in [0.25, 0.3) is 0 Å². The molecule has 0 aliphatic carbocycles. The molecule has 0 spiro atoms. The summed E-state index contributed by atoms with van der Waals surface area (Å²) in [7, 11) is 0. The third-order valence-corrected chi connectivity index (χ3v) is 2.94. The number of hydrogen-bond acceptors (Lipinski definition) is 4. The molecule has 5 heteroatoms. The van der Waals surface area contributed by atoms with Gasteiger partial charge in [0, 0.05) is 12.1 Å². The summed E-state index contributed by atoms with van der Waals surface area (Å²) in [6, 6.07) is 3.42. The number of carbonyl (C=O) groups excluding carboxylic acids is 2. The lowest BCUT2D eigenvalue weighted by molar-refractivity contribution is -0.143. The third kappa shape index (κ3) is 5.11. The number of benzene rings is 1. The molecule has 0 saturated carbocycles. The molecule has 1 rings (SSSR count). The fraction of sp³-hybridized carbons (Fsp3) is 0.375. The highest BCUT2D eigenvalue weighted by atomic mass is 19.1. The fourth-order valence-corrected chi connectivity index (χ4v) is 1.87. The lowest BCUT2D eigenvalue weighted by Gasteiger charge is -2.16. The van der Waals surface area contributed by atoms with Crippen molar-refractivity contribution in [3.63, 3.8) is 0 Å². The van der Waals surface area contributed by atoms with Gasteiger partial charge < -0.3 is 10.1 Å². The second kappa shape index (κ2) is 8.32. The number of esters is 1. The number of hydrogen-bond donors (Lipinski definition) is 1. The number of nitrogens with one attached hydrogen (secondary N) is 1. The molecule has 114 valence electrons. The van der Waals surface area contributed by atoms with Gasteiger partial charge in [0.05, 0.1) is 19.1 Å². The van der Waals surface area contributed by atoms with Crippen molar-refractivity contribution in [1.82, 2.24) is 5.32 Å². The maximum atomic E-state index is 13.3. The van der Waals surface area contributed by atoms with E-state index >= 15 is 0 Å². The number of ketones is 1. The second-order valence-electron chi connectivity index (χ2n) is 4.59. The van der Waals surface area contributed by atoms with E-state index < -0.39 is 12.0 Å². The Hall–Kier alpha value is -2.01. The maximum Gasteiger partial charge on any atom is 0.307 e. The summed E-state index contributed by atoms with van der Waals surface area (Å²) >= 11 is 0. The normalized spacial score (nSPS) is 11.8. The largest absolute Gasteiger partial charge is 0.466 e. The number of halogens is 1. The van der Waals surface area contributed by atoms with Gasteiger partial charge in [-0.25, -0.2) is 4.39 Å². The summed E-state index contributed by atoms with van der Waals surface area (Å²) in [5, 5.41) is 2.93. The van der Waals surface area contributed by atoms with E-state index in [1.165, 1.54) is 18.2 Å². The Labute approximate surface area is 124 Å². The van der Waals surface area contributed by atoms with Gasteiger partial charge >= 0.3 is 5.97 Å². The SMILES string of the molecule is C=CCNC(CC(=O)OCC)C(=O)c1ccc(F)c(C)c1. The van der Waals surface area contributed by atoms with E-state index in [1.807, 2.05) is 0 Å². The topological polar surface area (TPSA) is 55.4 Å². The number of Topliss-reactive ketones (excluding diaryl/α,β-unsaturated/α-hetero) is 1. The highest BCUT2D eigenvalue weighted by Crippen LogP contribution is 2.13. The van der Waals surface area contributed by atoms with E-state index in [4.69, 9.17) is 4.74 Å². The minimum atomic E-state index is -0.716. The minimum absolute atomic E-state index is 0.0725. The van der Waals surface area contributed by atoms with Gasteiger partial charge in [-0.1, -0.05) is 6.08 Å². The van der Waals surface area contributed by atoms with Crippen molar-refractivity contribution < 1.29 is 18.7 Å². The van der Waals surface area contributed by atoms with Crippen LogP contribution in [-0.2, 0) is 9.53 Å². The van der Waals surface area contributed by atoms with E-state index in [0.29, 0.717) is 17.7 Å². The van der Waals surface area contributed by atoms with Crippen LogP contribution in [0.2, 0.25) is 0 Å². The number of aryl methyl sites for hydroxylation is 1. The van der Waals surface area contributed by atoms with Crippen molar-refractivity contribution in [2.24, 2.45) is 0 Å². The lowest BCUT2D eigenvalue weighted by atomic mass is 9.99. The van der Waals surface area contributed by atoms with Gasteiger partial charge in [-0.05, 0) is 37.6 Å². The highest BCUT2D eigenvalue weighted by molar-refractivity contribution is 6.02. The standard InChI is InChI=1S/C16H20FNO3/c1-4-8-18-14(10-15(19)21-5-2)16(20)12-6-7-13(17)11(3)9-12/h4,6-7,9,14,18H,1,5,8,10H2,2-3H3. The Morgan fingerprint density at radius 2 is 2.19 bits per heavy atom. The molecule has 1 N–H and O–H groups in total. The van der Waals surface area contributed by atoms with Crippen molar-refractivity contribution in [3.05, 3.63) is 47.8 Å². The van der Waals surface area contributed by atoms with Crippen LogP contribution in [0.3, 0.4) is 0 Å². The highest BCUT2D eigenvalue weighted by Gasteiger charge is 2.23. The molecular weight excluding hydrogens is 273 g/mol. The van der Waals surface area contributed by atoms with E-state index in [-0.39, 0.29) is 24.6 Å². The monoisotopic (exact) mass is 293 g/mol. The molecule has 0 aliphatic heterocycles. The van der Waals surface area contributed by atoms with Gasteiger partial charge in [0.1, 0.15) is 5.82 Å². The molecule has 0 aliphatic rings. The average Bonchev–Trinajstić information content (AvgIpc) is 2.46. The van der Waals surface area contributed by atoms with Crippen molar-refractivity contribution in [2.45, 2.75) is 26.3 Å². The minimum Gasteiger partial charge on any atom is -0.466 e. The molecule has 0 amide bonds. The molecule has 0 radical (unpaired) electrons. The van der Waals surface area contributed by atoms with Gasteiger partial charge in [-0.3, -0.25) is 9.59 Å².